The fourth-order valence-corrected chi connectivity index (χ4v) is 4.05. The number of esters is 1. The van der Waals surface area contributed by atoms with Crippen LogP contribution in [0.25, 0.3) is 6.08 Å². The zero-order chi connectivity index (χ0) is 25.6. The zero-order valence-corrected chi connectivity index (χ0v) is 21.4. The minimum absolute atomic E-state index is 0.235. The van der Waals surface area contributed by atoms with Crippen molar-refractivity contribution in [3.63, 3.8) is 0 Å². The molecule has 0 saturated carbocycles. The van der Waals surface area contributed by atoms with Crippen molar-refractivity contribution >= 4 is 17.8 Å². The second-order valence-corrected chi connectivity index (χ2v) is 10.0. The van der Waals surface area contributed by atoms with E-state index < -0.39 is 35.6 Å². The van der Waals surface area contributed by atoms with Crippen molar-refractivity contribution in [1.82, 2.24) is 4.98 Å². The molecule has 1 aromatic rings. The molecule has 0 saturated heterocycles. The van der Waals surface area contributed by atoms with Crippen molar-refractivity contribution in [2.45, 2.75) is 86.0 Å². The van der Waals surface area contributed by atoms with Crippen LogP contribution in [0, 0.1) is 24.2 Å². The van der Waals surface area contributed by atoms with Gasteiger partial charge in [0, 0.05) is 25.2 Å². The number of aromatic nitrogens is 1. The van der Waals surface area contributed by atoms with E-state index in [2.05, 4.69) is 4.98 Å². The van der Waals surface area contributed by atoms with Crippen LogP contribution in [0.4, 0.5) is 0 Å². The van der Waals surface area contributed by atoms with Crippen LogP contribution < -0.4 is 0 Å². The number of aliphatic hydroxyl groups is 2. The third kappa shape index (κ3) is 7.24. The van der Waals surface area contributed by atoms with Crippen LogP contribution in [0.1, 0.15) is 72.4 Å². The van der Waals surface area contributed by atoms with Gasteiger partial charge < -0.3 is 19.4 Å². The predicted octanol–water partition coefficient (Wildman–Crippen LogP) is 4.57. The SMILES string of the molecule is C/C1=C/C[C@@H](/C(C)=C/c2coc(C)n2)OC(=O)C[C@H](O)C(C)(C)C(=O)[C@H](C)[C@@H](O)[C@@H](C)/C=C/C1. The van der Waals surface area contributed by atoms with E-state index in [1.54, 1.807) is 27.7 Å². The third-order valence-electron chi connectivity index (χ3n) is 6.65. The van der Waals surface area contributed by atoms with Crippen LogP contribution in [0.5, 0.6) is 0 Å². The van der Waals surface area contributed by atoms with Crippen LogP contribution in [-0.4, -0.2) is 45.3 Å². The Hall–Kier alpha value is -2.51. The molecule has 0 aromatic carbocycles. The summed E-state index contributed by atoms with van der Waals surface area (Å²) in [6, 6.07) is 0. The number of nitrogens with zero attached hydrogens (tertiary/aromatic N) is 1. The van der Waals surface area contributed by atoms with E-state index in [4.69, 9.17) is 9.15 Å². The Morgan fingerprint density at radius 3 is 2.50 bits per heavy atom. The molecule has 1 aromatic heterocycles. The van der Waals surface area contributed by atoms with Gasteiger partial charge in [-0.15, -0.1) is 0 Å². The lowest BCUT2D eigenvalue weighted by atomic mass is 9.73. The Bertz CT molecular complexity index is 954. The van der Waals surface area contributed by atoms with Gasteiger partial charge in [-0.25, -0.2) is 4.98 Å². The first-order chi connectivity index (χ1) is 15.8. The number of rotatable bonds is 2. The van der Waals surface area contributed by atoms with Gasteiger partial charge in [0.2, 0.25) is 0 Å². The molecule has 0 radical (unpaired) electrons. The number of ketones is 1. The maximum absolute atomic E-state index is 13.1. The number of aryl methyl sites for hydroxylation is 1. The van der Waals surface area contributed by atoms with Gasteiger partial charge in [-0.05, 0) is 31.9 Å². The van der Waals surface area contributed by atoms with Crippen molar-refractivity contribution in [1.29, 1.82) is 0 Å². The summed E-state index contributed by atoms with van der Waals surface area (Å²) in [7, 11) is 0. The molecule has 1 aliphatic rings. The first kappa shape index (κ1) is 27.7. The average molecular weight is 474 g/mol. The Balaban J connectivity index is 2.37. The molecule has 34 heavy (non-hydrogen) atoms. The summed E-state index contributed by atoms with van der Waals surface area (Å²) in [4.78, 5) is 30.2. The van der Waals surface area contributed by atoms with Crippen LogP contribution in [0.3, 0.4) is 0 Å². The number of cyclic esters (lactones) is 1. The van der Waals surface area contributed by atoms with Gasteiger partial charge in [0.1, 0.15) is 23.8 Å². The minimum atomic E-state index is -1.25. The standard InChI is InChI=1S/C27H39NO6/c1-16-9-8-10-17(2)25(31)19(4)26(32)27(6,7)23(29)14-24(30)34-22(12-11-16)18(3)13-21-15-33-20(5)28-21/h8,10-11,13,15,17,19,22-23,25,29,31H,9,12,14H2,1-7H3/b10-8+,16-11-,18-13+/t17-,19+,22-,23-,25-/m0/s1. The molecule has 7 heteroatoms. The molecular weight excluding hydrogens is 434 g/mol. The van der Waals surface area contributed by atoms with Crippen LogP contribution in [0.15, 0.2) is 40.1 Å². The Morgan fingerprint density at radius 2 is 1.88 bits per heavy atom. The fourth-order valence-electron chi connectivity index (χ4n) is 4.05. The molecule has 0 fully saturated rings. The van der Waals surface area contributed by atoms with Gasteiger partial charge in [-0.1, -0.05) is 51.5 Å². The van der Waals surface area contributed by atoms with E-state index in [1.807, 2.05) is 45.1 Å². The summed E-state index contributed by atoms with van der Waals surface area (Å²) >= 11 is 0. The van der Waals surface area contributed by atoms with Gasteiger partial charge >= 0.3 is 5.97 Å². The van der Waals surface area contributed by atoms with Gasteiger partial charge in [-0.2, -0.15) is 0 Å². The van der Waals surface area contributed by atoms with Crippen molar-refractivity contribution in [3.8, 4) is 0 Å². The monoisotopic (exact) mass is 473 g/mol. The van der Waals surface area contributed by atoms with Crippen molar-refractivity contribution in [2.24, 2.45) is 17.3 Å². The summed E-state index contributed by atoms with van der Waals surface area (Å²) < 4.78 is 11.0. The summed E-state index contributed by atoms with van der Waals surface area (Å²) in [6.45, 7) is 12.3. The van der Waals surface area contributed by atoms with Crippen molar-refractivity contribution in [2.75, 3.05) is 0 Å². The molecule has 1 aliphatic heterocycles. The number of Topliss-reactive ketones (excluding diaryl/α,β-unsaturated/α-hetero) is 1. The molecule has 188 valence electrons. The third-order valence-corrected chi connectivity index (χ3v) is 6.65. The first-order valence-corrected chi connectivity index (χ1v) is 11.9. The molecule has 7 nitrogen and oxygen atoms in total. The molecule has 0 amide bonds. The van der Waals surface area contributed by atoms with E-state index >= 15 is 0 Å². The maximum Gasteiger partial charge on any atom is 0.309 e. The second-order valence-electron chi connectivity index (χ2n) is 10.0. The molecule has 5 atom stereocenters. The molecule has 0 unspecified atom stereocenters. The number of carbonyl (C=O) groups is 2. The van der Waals surface area contributed by atoms with Gasteiger partial charge in [0.25, 0.3) is 0 Å². The first-order valence-electron chi connectivity index (χ1n) is 11.9. The lowest BCUT2D eigenvalue weighted by molar-refractivity contribution is -0.154. The smallest absolute Gasteiger partial charge is 0.309 e. The number of carbonyl (C=O) groups excluding carboxylic acids is 2. The number of oxazole rings is 1. The lowest BCUT2D eigenvalue weighted by Crippen LogP contribution is -2.45. The molecule has 0 bridgehead atoms. The molecule has 2 N–H and O–H groups in total. The topological polar surface area (TPSA) is 110 Å². The summed E-state index contributed by atoms with van der Waals surface area (Å²) in [5.41, 5.74) is 1.28. The quantitative estimate of drug-likeness (QED) is 0.478. The van der Waals surface area contributed by atoms with E-state index in [1.165, 1.54) is 6.26 Å². The maximum atomic E-state index is 13.1. The molecule has 2 heterocycles. The van der Waals surface area contributed by atoms with Crippen LogP contribution in [-0.2, 0) is 14.3 Å². The summed E-state index contributed by atoms with van der Waals surface area (Å²) in [5.74, 6) is -1.28. The normalized spacial score (nSPS) is 32.6. The van der Waals surface area contributed by atoms with Crippen LogP contribution >= 0.6 is 0 Å². The number of hydrogen-bond acceptors (Lipinski definition) is 7. The summed E-state index contributed by atoms with van der Waals surface area (Å²) in [5, 5.41) is 21.5. The minimum Gasteiger partial charge on any atom is -0.457 e. The zero-order valence-electron chi connectivity index (χ0n) is 21.4. The highest BCUT2D eigenvalue weighted by atomic mass is 16.5. The number of allylic oxidation sites excluding steroid dienone is 2. The molecule has 2 rings (SSSR count). The Kier molecular flexibility index (Phi) is 9.59. The van der Waals surface area contributed by atoms with E-state index in [0.29, 0.717) is 24.4 Å². The fraction of sp³-hybridized carbons (Fsp3) is 0.593. The van der Waals surface area contributed by atoms with E-state index in [-0.39, 0.29) is 18.1 Å². The van der Waals surface area contributed by atoms with Gasteiger partial charge in [0.15, 0.2) is 5.89 Å². The van der Waals surface area contributed by atoms with Gasteiger partial charge in [-0.3, -0.25) is 9.59 Å². The number of ether oxygens (including phenoxy) is 1. The summed E-state index contributed by atoms with van der Waals surface area (Å²) in [6.07, 6.45) is 7.37. The highest BCUT2D eigenvalue weighted by Gasteiger charge is 2.42. The lowest BCUT2D eigenvalue weighted by Gasteiger charge is -2.34. The average Bonchev–Trinajstić information content (AvgIpc) is 3.18. The molecular formula is C27H39NO6. The van der Waals surface area contributed by atoms with Gasteiger partial charge in [0.05, 0.1) is 24.0 Å². The molecule has 0 aliphatic carbocycles. The van der Waals surface area contributed by atoms with Crippen molar-refractivity contribution < 1.29 is 29.0 Å². The Morgan fingerprint density at radius 1 is 1.21 bits per heavy atom. The highest BCUT2D eigenvalue weighted by molar-refractivity contribution is 5.88. The predicted molar refractivity (Wildman–Crippen MR) is 131 cm³/mol. The Labute approximate surface area is 202 Å². The van der Waals surface area contributed by atoms with Crippen LogP contribution in [0.2, 0.25) is 0 Å². The van der Waals surface area contributed by atoms with E-state index in [9.17, 15) is 19.8 Å². The molecule has 0 spiro atoms. The van der Waals surface area contributed by atoms with E-state index in [0.717, 1.165) is 11.1 Å². The highest BCUT2D eigenvalue weighted by Crippen LogP contribution is 2.31. The van der Waals surface area contributed by atoms with Crippen molar-refractivity contribution in [3.05, 3.63) is 47.2 Å². The second kappa shape index (κ2) is 11.8. The number of hydrogen-bond donors (Lipinski definition) is 2. The largest absolute Gasteiger partial charge is 0.457 e. The number of aliphatic hydroxyl groups excluding tert-OH is 2.